The predicted octanol–water partition coefficient (Wildman–Crippen LogP) is 2.71. The molecule has 1 aromatic rings. The number of piperidine rings is 1. The third kappa shape index (κ3) is 6.79. The van der Waals surface area contributed by atoms with E-state index in [0.717, 1.165) is 31.5 Å². The van der Waals surface area contributed by atoms with Crippen molar-refractivity contribution in [3.63, 3.8) is 0 Å². The fraction of sp³-hybridized carbons (Fsp3) is 0.600. The minimum atomic E-state index is 0.0310. The monoisotopic (exact) mass is 375 g/mol. The van der Waals surface area contributed by atoms with Gasteiger partial charge in [0.1, 0.15) is 6.61 Å². The summed E-state index contributed by atoms with van der Waals surface area (Å²) in [5.41, 5.74) is 6.73. The van der Waals surface area contributed by atoms with Crippen LogP contribution in [0.4, 0.5) is 4.79 Å². The molecule has 4 rings (SSSR count). The third-order valence-corrected chi connectivity index (χ3v) is 5.05. The van der Waals surface area contributed by atoms with Gasteiger partial charge in [0.2, 0.25) is 0 Å². The summed E-state index contributed by atoms with van der Waals surface area (Å²) in [6.45, 7) is 2.17. The molecular weight excluding hydrogens is 346 g/mol. The van der Waals surface area contributed by atoms with Crippen LogP contribution in [0.5, 0.6) is 0 Å². The summed E-state index contributed by atoms with van der Waals surface area (Å²) in [4.78, 5) is 35.7. The molecule has 3 fully saturated rings. The predicted molar refractivity (Wildman–Crippen MR) is 99.1 cm³/mol. The Morgan fingerprint density at radius 2 is 1.70 bits per heavy atom. The highest BCUT2D eigenvalue weighted by atomic mass is 16.7. The van der Waals surface area contributed by atoms with Crippen molar-refractivity contribution in [2.45, 2.75) is 63.6 Å². The van der Waals surface area contributed by atoms with E-state index in [1.807, 2.05) is 35.2 Å². The lowest BCUT2D eigenvalue weighted by molar-refractivity contribution is -0.191. The molecule has 0 unspecified atom stereocenters. The minimum Gasteiger partial charge on any atom is -0.328 e. The molecule has 2 aliphatic heterocycles. The molecule has 7 heteroatoms. The molecule has 1 atom stereocenters. The molecule has 2 bridgehead atoms. The van der Waals surface area contributed by atoms with E-state index >= 15 is 0 Å². The number of hydroxylamine groups is 2. The van der Waals surface area contributed by atoms with E-state index in [1.165, 1.54) is 32.1 Å². The van der Waals surface area contributed by atoms with Crippen molar-refractivity contribution >= 4 is 12.2 Å². The van der Waals surface area contributed by atoms with Gasteiger partial charge in [-0.3, -0.25) is 4.84 Å². The number of amides is 2. The lowest BCUT2D eigenvalue weighted by Gasteiger charge is -2.22. The van der Waals surface area contributed by atoms with Crippen molar-refractivity contribution < 1.29 is 19.2 Å². The number of rotatable bonds is 3. The van der Waals surface area contributed by atoms with Crippen molar-refractivity contribution in [3.05, 3.63) is 35.9 Å². The van der Waals surface area contributed by atoms with E-state index in [1.54, 1.807) is 5.06 Å². The first-order valence-corrected chi connectivity index (χ1v) is 9.65. The Labute approximate surface area is 160 Å². The minimum absolute atomic E-state index is 0.0310. The van der Waals surface area contributed by atoms with E-state index < -0.39 is 0 Å². The normalized spacial score (nSPS) is 21.5. The van der Waals surface area contributed by atoms with E-state index in [-0.39, 0.29) is 18.2 Å². The Morgan fingerprint density at radius 3 is 2.26 bits per heavy atom. The van der Waals surface area contributed by atoms with Gasteiger partial charge in [-0.1, -0.05) is 49.6 Å². The summed E-state index contributed by atoms with van der Waals surface area (Å²) in [6.07, 6.45) is 9.05. The molecule has 3 aliphatic rings. The number of hydrogen-bond acceptors (Lipinski definition) is 5. The van der Waals surface area contributed by atoms with Gasteiger partial charge in [0.05, 0.1) is 6.04 Å². The SMILES string of the molecule is NC1CCCCC1.O=C1N2CCC[C@@H](C2)N1OCc1ccccc1.O=C=O. The van der Waals surface area contributed by atoms with Crippen LogP contribution in [-0.2, 0) is 21.0 Å². The van der Waals surface area contributed by atoms with E-state index in [2.05, 4.69) is 0 Å². The van der Waals surface area contributed by atoms with Crippen LogP contribution in [0.3, 0.4) is 0 Å². The molecule has 0 spiro atoms. The number of carbonyl (C=O) groups is 1. The number of urea groups is 1. The fourth-order valence-corrected chi connectivity index (χ4v) is 3.63. The van der Waals surface area contributed by atoms with Gasteiger partial charge in [0.25, 0.3) is 0 Å². The van der Waals surface area contributed by atoms with Crippen molar-refractivity contribution in [2.75, 3.05) is 13.1 Å². The first kappa shape index (κ1) is 21.1. The van der Waals surface area contributed by atoms with Gasteiger partial charge < -0.3 is 10.6 Å². The van der Waals surface area contributed by atoms with E-state index in [9.17, 15) is 4.79 Å². The van der Waals surface area contributed by atoms with Crippen molar-refractivity contribution in [1.29, 1.82) is 0 Å². The molecule has 0 radical (unpaired) electrons. The van der Waals surface area contributed by atoms with Crippen molar-refractivity contribution in [1.82, 2.24) is 9.96 Å². The van der Waals surface area contributed by atoms with E-state index in [4.69, 9.17) is 20.2 Å². The Kier molecular flexibility index (Phi) is 8.98. The number of fused-ring (bicyclic) bond motifs is 2. The first-order chi connectivity index (χ1) is 13.2. The molecule has 7 nitrogen and oxygen atoms in total. The first-order valence-electron chi connectivity index (χ1n) is 9.65. The number of benzene rings is 1. The van der Waals surface area contributed by atoms with Crippen LogP contribution in [0.2, 0.25) is 0 Å². The quantitative estimate of drug-likeness (QED) is 0.877. The van der Waals surface area contributed by atoms with Crippen LogP contribution in [0.15, 0.2) is 30.3 Å². The number of hydrogen-bond donors (Lipinski definition) is 1. The third-order valence-electron chi connectivity index (χ3n) is 5.05. The van der Waals surface area contributed by atoms with Gasteiger partial charge >= 0.3 is 12.2 Å². The summed E-state index contributed by atoms with van der Waals surface area (Å²) in [7, 11) is 0. The Morgan fingerprint density at radius 1 is 1.04 bits per heavy atom. The maximum atomic E-state index is 11.9. The number of nitrogens with two attached hydrogens (primary N) is 1. The average molecular weight is 375 g/mol. The molecule has 2 amide bonds. The number of carbonyl (C=O) groups excluding carboxylic acids is 3. The highest BCUT2D eigenvalue weighted by molar-refractivity contribution is 5.76. The fourth-order valence-electron chi connectivity index (χ4n) is 3.63. The highest BCUT2D eigenvalue weighted by Gasteiger charge is 2.40. The zero-order valence-electron chi connectivity index (χ0n) is 15.7. The molecule has 1 aliphatic carbocycles. The second-order valence-electron chi connectivity index (χ2n) is 7.09. The molecule has 0 aromatic heterocycles. The zero-order valence-corrected chi connectivity index (χ0v) is 15.7. The Hall–Kier alpha value is -2.21. The lowest BCUT2D eigenvalue weighted by Crippen LogP contribution is -2.33. The molecule has 1 aromatic carbocycles. The van der Waals surface area contributed by atoms with Crippen LogP contribution in [0.1, 0.15) is 50.5 Å². The molecule has 27 heavy (non-hydrogen) atoms. The summed E-state index contributed by atoms with van der Waals surface area (Å²) < 4.78 is 0. The maximum Gasteiger partial charge on any atom is 0.373 e. The van der Waals surface area contributed by atoms with Crippen molar-refractivity contribution in [2.24, 2.45) is 5.73 Å². The molecule has 2 heterocycles. The van der Waals surface area contributed by atoms with Gasteiger partial charge in [-0.2, -0.15) is 14.7 Å². The maximum absolute atomic E-state index is 11.9. The average Bonchev–Trinajstić information content (AvgIpc) is 2.91. The molecule has 2 saturated heterocycles. The van der Waals surface area contributed by atoms with E-state index in [0.29, 0.717) is 12.6 Å². The van der Waals surface area contributed by atoms with Crippen LogP contribution < -0.4 is 5.73 Å². The van der Waals surface area contributed by atoms with Crippen molar-refractivity contribution in [3.8, 4) is 0 Å². The van der Waals surface area contributed by atoms with Crippen LogP contribution >= 0.6 is 0 Å². The molecule has 1 saturated carbocycles. The molecular formula is C20H29N3O4. The lowest BCUT2D eigenvalue weighted by atomic mass is 9.97. The van der Waals surface area contributed by atoms with Gasteiger partial charge in [-0.15, -0.1) is 0 Å². The van der Waals surface area contributed by atoms with Gasteiger partial charge in [0, 0.05) is 19.1 Å². The molecule has 148 valence electrons. The summed E-state index contributed by atoms with van der Waals surface area (Å²) in [5.74, 6) is 0. The van der Waals surface area contributed by atoms with Crippen LogP contribution in [0, 0.1) is 0 Å². The van der Waals surface area contributed by atoms with Crippen LogP contribution in [0.25, 0.3) is 0 Å². The smallest absolute Gasteiger partial charge is 0.328 e. The summed E-state index contributed by atoms with van der Waals surface area (Å²) in [5, 5.41) is 1.57. The van der Waals surface area contributed by atoms with Gasteiger partial charge in [-0.05, 0) is 31.2 Å². The largest absolute Gasteiger partial charge is 0.373 e. The Bertz CT molecular complexity index is 599. The van der Waals surface area contributed by atoms with Gasteiger partial charge in [0.15, 0.2) is 0 Å². The number of nitrogens with zero attached hydrogens (tertiary/aromatic N) is 2. The second-order valence-corrected chi connectivity index (χ2v) is 7.09. The Balaban J connectivity index is 0.000000218. The summed E-state index contributed by atoms with van der Waals surface area (Å²) >= 11 is 0. The molecule has 2 N–H and O–H groups in total. The summed E-state index contributed by atoms with van der Waals surface area (Å²) in [6, 6.07) is 10.8. The zero-order chi connectivity index (χ0) is 19.5. The topological polar surface area (TPSA) is 92.9 Å². The standard InChI is InChI=1S/C13H16N2O2.C6H13N.CO2/c16-13-14-8-4-7-12(9-14)15(13)17-10-11-5-2-1-3-6-11;7-6-4-2-1-3-5-6;2-1-3/h1-3,5-6,12H,4,7-10H2;6H,1-5,7H2;/t12-;;/m0../s1. The highest BCUT2D eigenvalue weighted by Crippen LogP contribution is 2.26. The second kappa shape index (κ2) is 11.5. The van der Waals surface area contributed by atoms with Crippen LogP contribution in [-0.4, -0.2) is 47.3 Å². The van der Waals surface area contributed by atoms with Gasteiger partial charge in [-0.25, -0.2) is 4.79 Å².